The fourth-order valence-electron chi connectivity index (χ4n) is 2.54. The van der Waals surface area contributed by atoms with Gasteiger partial charge in [0.05, 0.1) is 20.3 Å². The minimum atomic E-state index is 0.221. The molecule has 110 valence electrons. The Labute approximate surface area is 124 Å². The third-order valence-electron chi connectivity index (χ3n) is 3.66. The summed E-state index contributed by atoms with van der Waals surface area (Å²) in [6, 6.07) is 14.3. The minimum absolute atomic E-state index is 0.221. The number of fused-ring (bicyclic) bond motifs is 1. The largest absolute Gasteiger partial charge is 0.497 e. The average Bonchev–Trinajstić information content (AvgIpc) is 2.95. The third-order valence-corrected chi connectivity index (χ3v) is 3.66. The number of para-hydroxylation sites is 1. The lowest BCUT2D eigenvalue weighted by Gasteiger charge is -2.13. The molecule has 0 fully saturated rings. The van der Waals surface area contributed by atoms with E-state index in [2.05, 4.69) is 11.4 Å². The fraction of sp³-hybridized carbons (Fsp3) is 0.294. The molecule has 1 aliphatic rings. The average molecular weight is 285 g/mol. The Bertz CT molecular complexity index is 605. The van der Waals surface area contributed by atoms with Crippen LogP contribution in [0, 0.1) is 0 Å². The molecule has 0 aromatic heterocycles. The summed E-state index contributed by atoms with van der Waals surface area (Å²) in [5, 5.41) is 3.52. The summed E-state index contributed by atoms with van der Waals surface area (Å²) in [7, 11) is 3.32. The highest BCUT2D eigenvalue weighted by atomic mass is 16.5. The second kappa shape index (κ2) is 6.06. The summed E-state index contributed by atoms with van der Waals surface area (Å²) >= 11 is 0. The molecule has 21 heavy (non-hydrogen) atoms. The van der Waals surface area contributed by atoms with Crippen LogP contribution in [0.25, 0.3) is 0 Å². The Hall–Kier alpha value is -2.20. The van der Waals surface area contributed by atoms with Gasteiger partial charge in [0.2, 0.25) is 0 Å². The van der Waals surface area contributed by atoms with Crippen LogP contribution in [-0.4, -0.2) is 20.8 Å². The van der Waals surface area contributed by atoms with Crippen LogP contribution in [0.4, 0.5) is 0 Å². The standard InChI is InChI=1S/C17H19NO3/c1-19-13-7-12(8-14(9-13)20-2)10-18-16-11-21-17-6-4-3-5-15(16)17/h3-9,16,18H,10-11H2,1-2H3. The molecule has 0 saturated heterocycles. The predicted molar refractivity (Wildman–Crippen MR) is 81.1 cm³/mol. The Morgan fingerprint density at radius 1 is 1.10 bits per heavy atom. The van der Waals surface area contributed by atoms with Crippen molar-refractivity contribution >= 4 is 0 Å². The second-order valence-electron chi connectivity index (χ2n) is 5.00. The highest BCUT2D eigenvalue weighted by molar-refractivity contribution is 5.40. The maximum atomic E-state index is 5.68. The van der Waals surface area contributed by atoms with Crippen molar-refractivity contribution in [1.29, 1.82) is 0 Å². The van der Waals surface area contributed by atoms with Crippen molar-refractivity contribution in [2.24, 2.45) is 0 Å². The lowest BCUT2D eigenvalue weighted by molar-refractivity contribution is 0.310. The Kier molecular flexibility index (Phi) is 3.97. The molecule has 4 nitrogen and oxygen atoms in total. The maximum Gasteiger partial charge on any atom is 0.124 e. The molecule has 3 rings (SSSR count). The van der Waals surface area contributed by atoms with Crippen molar-refractivity contribution in [3.63, 3.8) is 0 Å². The van der Waals surface area contributed by atoms with Crippen molar-refractivity contribution in [3.8, 4) is 17.2 Å². The molecule has 0 spiro atoms. The molecule has 0 aliphatic carbocycles. The van der Waals surface area contributed by atoms with E-state index in [-0.39, 0.29) is 6.04 Å². The first-order chi connectivity index (χ1) is 10.3. The number of rotatable bonds is 5. The van der Waals surface area contributed by atoms with Crippen LogP contribution in [-0.2, 0) is 6.54 Å². The van der Waals surface area contributed by atoms with Crippen molar-refractivity contribution in [1.82, 2.24) is 5.32 Å². The van der Waals surface area contributed by atoms with E-state index < -0.39 is 0 Å². The smallest absolute Gasteiger partial charge is 0.124 e. The van der Waals surface area contributed by atoms with E-state index in [4.69, 9.17) is 14.2 Å². The van der Waals surface area contributed by atoms with E-state index >= 15 is 0 Å². The number of benzene rings is 2. The highest BCUT2D eigenvalue weighted by Gasteiger charge is 2.22. The third kappa shape index (κ3) is 2.95. The zero-order valence-electron chi connectivity index (χ0n) is 12.3. The van der Waals surface area contributed by atoms with Crippen LogP contribution >= 0.6 is 0 Å². The van der Waals surface area contributed by atoms with Gasteiger partial charge in [-0.15, -0.1) is 0 Å². The summed E-state index contributed by atoms with van der Waals surface area (Å²) in [6.07, 6.45) is 0. The molecular formula is C17H19NO3. The lowest BCUT2D eigenvalue weighted by atomic mass is 10.1. The molecule has 1 heterocycles. The van der Waals surface area contributed by atoms with Gasteiger partial charge in [-0.3, -0.25) is 0 Å². The normalized spacial score (nSPS) is 16.2. The van der Waals surface area contributed by atoms with Crippen LogP contribution in [0.5, 0.6) is 17.2 Å². The Morgan fingerprint density at radius 3 is 2.52 bits per heavy atom. The predicted octanol–water partition coefficient (Wildman–Crippen LogP) is 2.93. The topological polar surface area (TPSA) is 39.7 Å². The molecule has 2 aromatic rings. The van der Waals surface area contributed by atoms with Crippen LogP contribution in [0.3, 0.4) is 0 Å². The van der Waals surface area contributed by atoms with E-state index in [0.29, 0.717) is 6.61 Å². The van der Waals surface area contributed by atoms with E-state index in [1.165, 1.54) is 5.56 Å². The van der Waals surface area contributed by atoms with Gasteiger partial charge in [-0.05, 0) is 23.8 Å². The molecule has 1 atom stereocenters. The molecule has 0 saturated carbocycles. The molecule has 2 aromatic carbocycles. The van der Waals surface area contributed by atoms with Crippen LogP contribution in [0.1, 0.15) is 17.2 Å². The van der Waals surface area contributed by atoms with E-state index in [1.54, 1.807) is 14.2 Å². The molecule has 4 heteroatoms. The first-order valence-electron chi connectivity index (χ1n) is 6.97. The number of hydrogen-bond donors (Lipinski definition) is 1. The van der Waals surface area contributed by atoms with Crippen molar-refractivity contribution in [3.05, 3.63) is 53.6 Å². The van der Waals surface area contributed by atoms with Gasteiger partial charge < -0.3 is 19.5 Å². The zero-order chi connectivity index (χ0) is 14.7. The van der Waals surface area contributed by atoms with Gasteiger partial charge in [-0.25, -0.2) is 0 Å². The van der Waals surface area contributed by atoms with Gasteiger partial charge >= 0.3 is 0 Å². The van der Waals surface area contributed by atoms with Gasteiger partial charge in [0.1, 0.15) is 23.9 Å². The second-order valence-corrected chi connectivity index (χ2v) is 5.00. The van der Waals surface area contributed by atoms with Crippen LogP contribution in [0.2, 0.25) is 0 Å². The molecular weight excluding hydrogens is 266 g/mol. The van der Waals surface area contributed by atoms with E-state index in [1.807, 2.05) is 36.4 Å². The quantitative estimate of drug-likeness (QED) is 0.917. The Morgan fingerprint density at radius 2 is 1.81 bits per heavy atom. The van der Waals surface area contributed by atoms with Gasteiger partial charge in [0.15, 0.2) is 0 Å². The van der Waals surface area contributed by atoms with Crippen LogP contribution < -0.4 is 19.5 Å². The van der Waals surface area contributed by atoms with Gasteiger partial charge in [-0.1, -0.05) is 18.2 Å². The summed E-state index contributed by atoms with van der Waals surface area (Å²) in [5.41, 5.74) is 2.34. The summed E-state index contributed by atoms with van der Waals surface area (Å²) in [5.74, 6) is 2.57. The minimum Gasteiger partial charge on any atom is -0.497 e. The molecule has 1 aliphatic heterocycles. The van der Waals surface area contributed by atoms with Gasteiger partial charge in [0.25, 0.3) is 0 Å². The first-order valence-corrected chi connectivity index (χ1v) is 6.97. The van der Waals surface area contributed by atoms with E-state index in [0.717, 1.165) is 29.4 Å². The summed E-state index contributed by atoms with van der Waals surface area (Å²) in [4.78, 5) is 0. The first kappa shape index (κ1) is 13.8. The molecule has 0 bridgehead atoms. The monoisotopic (exact) mass is 285 g/mol. The van der Waals surface area contributed by atoms with Crippen molar-refractivity contribution in [2.45, 2.75) is 12.6 Å². The number of nitrogens with one attached hydrogen (secondary N) is 1. The summed E-state index contributed by atoms with van der Waals surface area (Å²) < 4.78 is 16.3. The number of ether oxygens (including phenoxy) is 3. The lowest BCUT2D eigenvalue weighted by Crippen LogP contribution is -2.22. The molecule has 1 unspecified atom stereocenters. The van der Waals surface area contributed by atoms with Gasteiger partial charge in [-0.2, -0.15) is 0 Å². The van der Waals surface area contributed by atoms with Crippen molar-refractivity contribution < 1.29 is 14.2 Å². The molecule has 0 radical (unpaired) electrons. The maximum absolute atomic E-state index is 5.68. The van der Waals surface area contributed by atoms with E-state index in [9.17, 15) is 0 Å². The van der Waals surface area contributed by atoms with Gasteiger partial charge in [0, 0.05) is 18.2 Å². The Balaban J connectivity index is 1.71. The molecule has 0 amide bonds. The zero-order valence-corrected chi connectivity index (χ0v) is 12.3. The summed E-state index contributed by atoms with van der Waals surface area (Å²) in [6.45, 7) is 1.40. The molecule has 1 N–H and O–H groups in total. The van der Waals surface area contributed by atoms with Crippen LogP contribution in [0.15, 0.2) is 42.5 Å². The fourth-order valence-corrected chi connectivity index (χ4v) is 2.54. The number of methoxy groups -OCH3 is 2. The number of hydrogen-bond acceptors (Lipinski definition) is 4. The highest BCUT2D eigenvalue weighted by Crippen LogP contribution is 2.32. The SMILES string of the molecule is COc1cc(CNC2COc3ccccc32)cc(OC)c1. The van der Waals surface area contributed by atoms with Crippen molar-refractivity contribution in [2.75, 3.05) is 20.8 Å².